The summed E-state index contributed by atoms with van der Waals surface area (Å²) in [6.07, 6.45) is 4.46. The second-order valence-corrected chi connectivity index (χ2v) is 12.6. The van der Waals surface area contributed by atoms with Crippen molar-refractivity contribution in [2.24, 2.45) is 0 Å². The first-order valence-corrected chi connectivity index (χ1v) is 15.9. The maximum atomic E-state index is 8.53. The van der Waals surface area contributed by atoms with Crippen LogP contribution in [0.25, 0.3) is 50.3 Å². The molecule has 0 fully saturated rings. The number of para-hydroxylation sites is 3. The number of hydrogen-bond donors (Lipinski definition) is 0. The van der Waals surface area contributed by atoms with E-state index in [0.29, 0.717) is 23.1 Å². The molecule has 247 valence electrons. The van der Waals surface area contributed by atoms with Crippen LogP contribution in [0.5, 0.6) is 0 Å². The van der Waals surface area contributed by atoms with Gasteiger partial charge in [-0.05, 0) is 59.1 Å². The number of furan rings is 1. The quantitative estimate of drug-likeness (QED) is 0.157. The molecule has 7 rings (SSSR count). The maximum absolute atomic E-state index is 8.53. The maximum Gasteiger partial charge on any atom is 0.0774 e. The average Bonchev–Trinajstić information content (AvgIpc) is 3.71. The van der Waals surface area contributed by atoms with Crippen molar-refractivity contribution >= 4 is 22.0 Å². The minimum Gasteiger partial charge on any atom is -0.557 e. The number of rotatable bonds is 6. The second-order valence-electron chi connectivity index (χ2n) is 12.6. The molecule has 3 heterocycles. The summed E-state index contributed by atoms with van der Waals surface area (Å²) in [4.78, 5) is 9.17. The number of hydrogen-bond acceptors (Lipinski definition) is 3. The van der Waals surface area contributed by atoms with Crippen molar-refractivity contribution in [3.05, 3.63) is 137 Å². The third kappa shape index (κ3) is 7.09. The number of aryl methyl sites for hydroxylation is 2. The van der Waals surface area contributed by atoms with Crippen molar-refractivity contribution in [1.82, 2.24) is 14.5 Å². The smallest absolute Gasteiger partial charge is 0.0774 e. The molecule has 1 radical (unpaired) electrons. The first-order valence-electron chi connectivity index (χ1n) is 19.4. The Morgan fingerprint density at radius 2 is 1.54 bits per heavy atom. The van der Waals surface area contributed by atoms with Crippen molar-refractivity contribution in [3.8, 4) is 28.3 Å². The van der Waals surface area contributed by atoms with Gasteiger partial charge in [-0.1, -0.05) is 126 Å². The molecule has 0 aliphatic heterocycles. The zero-order chi connectivity index (χ0) is 39.2. The zero-order valence-corrected chi connectivity index (χ0v) is 30.4. The van der Waals surface area contributed by atoms with Gasteiger partial charge in [0.25, 0.3) is 0 Å². The van der Waals surface area contributed by atoms with E-state index in [1.165, 1.54) is 41.2 Å². The van der Waals surface area contributed by atoms with E-state index in [2.05, 4.69) is 92.0 Å². The predicted molar refractivity (Wildman–Crippen MR) is 195 cm³/mol. The summed E-state index contributed by atoms with van der Waals surface area (Å²) in [5.41, 5.74) is 9.82. The van der Waals surface area contributed by atoms with Crippen molar-refractivity contribution in [2.75, 3.05) is 0 Å². The molecule has 0 saturated carbocycles. The van der Waals surface area contributed by atoms with Crippen LogP contribution >= 0.6 is 0 Å². The van der Waals surface area contributed by atoms with Gasteiger partial charge in [-0.3, -0.25) is 4.98 Å². The van der Waals surface area contributed by atoms with E-state index in [9.17, 15) is 0 Å². The molecule has 0 aliphatic rings. The average molecular weight is 817 g/mol. The monoisotopic (exact) mass is 817 g/mol. The Morgan fingerprint density at radius 1 is 0.812 bits per heavy atom. The minimum absolute atomic E-state index is 0. The fourth-order valence-electron chi connectivity index (χ4n) is 5.78. The topological polar surface area (TPSA) is 43.9 Å². The van der Waals surface area contributed by atoms with Gasteiger partial charge in [-0.15, -0.1) is 35.4 Å². The van der Waals surface area contributed by atoms with Gasteiger partial charge in [0.2, 0.25) is 0 Å². The molecule has 0 atom stereocenters. The molecule has 0 unspecified atom stereocenters. The van der Waals surface area contributed by atoms with Crippen LogP contribution < -0.4 is 0 Å². The molecule has 4 nitrogen and oxygen atoms in total. The number of imidazole rings is 1. The van der Waals surface area contributed by atoms with Crippen molar-refractivity contribution in [1.29, 1.82) is 0 Å². The van der Waals surface area contributed by atoms with Crippen LogP contribution in [0.1, 0.15) is 96.7 Å². The van der Waals surface area contributed by atoms with Gasteiger partial charge in [0, 0.05) is 53.4 Å². The van der Waals surface area contributed by atoms with Crippen LogP contribution in [-0.2, 0) is 20.1 Å². The Labute approximate surface area is 308 Å². The van der Waals surface area contributed by atoms with Gasteiger partial charge in [-0.2, -0.15) is 0 Å². The number of pyridine rings is 1. The largest absolute Gasteiger partial charge is 0.557 e. The van der Waals surface area contributed by atoms with Crippen LogP contribution in [0.3, 0.4) is 0 Å². The molecular formula is C43H43IrN3O-2. The van der Waals surface area contributed by atoms with Gasteiger partial charge in [0.15, 0.2) is 0 Å². The fraction of sp³-hybridized carbons (Fsp3) is 0.256. The Morgan fingerprint density at radius 3 is 2.17 bits per heavy atom. The molecule has 5 heteroatoms. The van der Waals surface area contributed by atoms with Gasteiger partial charge < -0.3 is 14.0 Å². The molecule has 4 aromatic carbocycles. The van der Waals surface area contributed by atoms with E-state index < -0.39 is 19.6 Å². The van der Waals surface area contributed by atoms with E-state index in [0.717, 1.165) is 39.0 Å². The van der Waals surface area contributed by atoms with Crippen molar-refractivity contribution < 1.29 is 34.1 Å². The third-order valence-corrected chi connectivity index (χ3v) is 8.29. The predicted octanol–water partition coefficient (Wildman–Crippen LogP) is 11.8. The summed E-state index contributed by atoms with van der Waals surface area (Å²) in [5.74, 6) is 0.805. The van der Waals surface area contributed by atoms with Crippen LogP contribution in [0.2, 0.25) is 0 Å². The standard InChI is InChI=1S/C30H31N2O.C13H12N.Ir/c1-18(2)21-14-15-28-24(16-21)25(17-33-28)30-31-26-12-7-8-13-27(26)32(30)29-22(19(3)4)10-9-11-23(29)20(5)6;1-10-3-6-12(7-4-10)13-8-5-11(2)9-14-13;/h7-16,18-20H,1-6H3;3-6,8-9H,1-2H3;/q2*-1;/i18D;1D3,2D3;. The number of fused-ring (bicyclic) bond motifs is 2. The van der Waals surface area contributed by atoms with Crippen LogP contribution in [0.4, 0.5) is 0 Å². The van der Waals surface area contributed by atoms with Gasteiger partial charge >= 0.3 is 0 Å². The van der Waals surface area contributed by atoms with E-state index in [1.54, 1.807) is 12.1 Å². The molecule has 0 saturated heterocycles. The van der Waals surface area contributed by atoms with Crippen LogP contribution in [0, 0.1) is 26.0 Å². The molecule has 0 aliphatic carbocycles. The molecule has 0 N–H and O–H groups in total. The summed E-state index contributed by atoms with van der Waals surface area (Å²) in [6.45, 7) is 8.43. The second kappa shape index (κ2) is 14.8. The fourth-order valence-corrected chi connectivity index (χ4v) is 5.78. The summed E-state index contributed by atoms with van der Waals surface area (Å²) < 4.78 is 60.3. The van der Waals surface area contributed by atoms with Gasteiger partial charge in [-0.25, -0.2) is 0 Å². The molecule has 0 spiro atoms. The van der Waals surface area contributed by atoms with E-state index >= 15 is 0 Å². The van der Waals surface area contributed by atoms with E-state index in [1.807, 2.05) is 32.0 Å². The summed E-state index contributed by atoms with van der Waals surface area (Å²) >= 11 is 0. The molecular weight excluding hydrogens is 767 g/mol. The number of aromatic nitrogens is 3. The Kier molecular flexibility index (Phi) is 8.23. The first kappa shape index (κ1) is 26.6. The molecule has 48 heavy (non-hydrogen) atoms. The summed E-state index contributed by atoms with van der Waals surface area (Å²) in [6, 6.07) is 31.3. The van der Waals surface area contributed by atoms with E-state index in [4.69, 9.17) is 19.0 Å². The molecule has 0 amide bonds. The van der Waals surface area contributed by atoms with E-state index in [-0.39, 0.29) is 31.2 Å². The minimum atomic E-state index is -2.18. The molecule has 3 aromatic heterocycles. The molecule has 0 bridgehead atoms. The SMILES string of the molecule is [2H]C(C)(C)c1ccc2o[c-]c(-c3nc4ccccc4n3-c3c(C(C)C)cccc3C(C)C)c2c1.[2H]C([2H])([2H])c1c[c-]c(-c2ccc(C([2H])([2H])[2H])cn2)cc1.[Ir]. The third-order valence-electron chi connectivity index (χ3n) is 8.29. The molecule has 7 aromatic rings. The Hall–Kier alpha value is -4.31. The van der Waals surface area contributed by atoms with Crippen LogP contribution in [-0.4, -0.2) is 14.5 Å². The zero-order valence-electron chi connectivity index (χ0n) is 35.0. The number of benzene rings is 4. The Balaban J connectivity index is 0.000000237. The number of nitrogens with zero attached hydrogens (tertiary/aromatic N) is 3. The Bertz CT molecular complexity index is 2320. The van der Waals surface area contributed by atoms with Crippen molar-refractivity contribution in [2.45, 2.75) is 73.0 Å². The van der Waals surface area contributed by atoms with Gasteiger partial charge in [0.1, 0.15) is 0 Å². The van der Waals surface area contributed by atoms with Gasteiger partial charge in [0.05, 0.1) is 16.9 Å². The summed E-state index contributed by atoms with van der Waals surface area (Å²) in [7, 11) is 0. The summed E-state index contributed by atoms with van der Waals surface area (Å²) in [5, 5.41) is 0.933. The van der Waals surface area contributed by atoms with Crippen molar-refractivity contribution in [3.63, 3.8) is 0 Å². The normalized spacial score (nSPS) is 14.2. The van der Waals surface area contributed by atoms with Crippen LogP contribution in [0.15, 0.2) is 102 Å². The first-order chi connectivity index (χ1) is 25.3.